The maximum absolute atomic E-state index is 12.1. The molecule has 4 nitrogen and oxygen atoms in total. The molecule has 0 aromatic carbocycles. The number of hydrogen-bond donors (Lipinski definition) is 3. The number of amides is 1. The molecule has 5 unspecified atom stereocenters. The minimum absolute atomic E-state index is 0.0317. The van der Waals surface area contributed by atoms with Gasteiger partial charge >= 0.3 is 5.97 Å². The van der Waals surface area contributed by atoms with E-state index in [9.17, 15) is 9.59 Å². The van der Waals surface area contributed by atoms with E-state index >= 15 is 0 Å². The summed E-state index contributed by atoms with van der Waals surface area (Å²) in [6.07, 6.45) is 4.24. The molecule has 100 valence electrons. The van der Waals surface area contributed by atoms with Crippen LogP contribution in [-0.2, 0) is 9.59 Å². The molecule has 3 aliphatic carbocycles. The average molecular weight is 269 g/mol. The van der Waals surface area contributed by atoms with Crippen LogP contribution in [0.3, 0.4) is 0 Å². The van der Waals surface area contributed by atoms with Crippen LogP contribution in [0.15, 0.2) is 0 Å². The van der Waals surface area contributed by atoms with Gasteiger partial charge in [0.25, 0.3) is 0 Å². The second-order valence-corrected chi connectivity index (χ2v) is 6.37. The second kappa shape index (κ2) is 4.44. The third-order valence-corrected chi connectivity index (χ3v) is 5.33. The number of rotatable bonds is 5. The number of fused-ring (bicyclic) bond motifs is 5. The summed E-state index contributed by atoms with van der Waals surface area (Å²) in [7, 11) is 0. The topological polar surface area (TPSA) is 66.4 Å². The summed E-state index contributed by atoms with van der Waals surface area (Å²) < 4.78 is 0. The highest BCUT2D eigenvalue weighted by Gasteiger charge is 2.67. The van der Waals surface area contributed by atoms with Crippen molar-refractivity contribution < 1.29 is 14.7 Å². The number of carbonyl (C=O) groups excluding carboxylic acids is 1. The van der Waals surface area contributed by atoms with Crippen molar-refractivity contribution in [3.8, 4) is 0 Å². The van der Waals surface area contributed by atoms with Crippen molar-refractivity contribution in [3.63, 3.8) is 0 Å². The lowest BCUT2D eigenvalue weighted by molar-refractivity contribution is -0.142. The van der Waals surface area contributed by atoms with Crippen LogP contribution in [0, 0.1) is 29.6 Å². The predicted molar refractivity (Wildman–Crippen MR) is 69.3 cm³/mol. The second-order valence-electron chi connectivity index (χ2n) is 5.93. The standard InChI is InChI=1S/C13H19NO3S/c15-12(14-8(3-4-18)13(16)17)11-9-6-1-2-7(5-6)10(9)11/h6-11,18H,1-5H2,(H,14,15)(H,16,17). The third-order valence-electron chi connectivity index (χ3n) is 5.07. The highest BCUT2D eigenvalue weighted by atomic mass is 32.1. The number of carboxylic acids is 1. The molecule has 0 heterocycles. The molecule has 3 fully saturated rings. The molecular formula is C13H19NO3S. The number of nitrogens with one attached hydrogen (secondary N) is 1. The Morgan fingerprint density at radius 3 is 2.39 bits per heavy atom. The number of hydrogen-bond acceptors (Lipinski definition) is 3. The van der Waals surface area contributed by atoms with Gasteiger partial charge in [0, 0.05) is 5.92 Å². The van der Waals surface area contributed by atoms with E-state index in [0.29, 0.717) is 24.0 Å². The van der Waals surface area contributed by atoms with Gasteiger partial charge in [-0.1, -0.05) is 0 Å². The Bertz CT molecular complexity index is 370. The Kier molecular flexibility index (Phi) is 3.04. The molecule has 3 saturated carbocycles. The minimum atomic E-state index is -0.953. The first-order valence-corrected chi connectivity index (χ1v) is 7.40. The quantitative estimate of drug-likeness (QED) is 0.656. The lowest BCUT2D eigenvalue weighted by atomic mass is 10.0. The van der Waals surface area contributed by atoms with E-state index in [4.69, 9.17) is 5.11 Å². The van der Waals surface area contributed by atoms with Gasteiger partial charge in [0.15, 0.2) is 0 Å². The fourth-order valence-electron chi connectivity index (χ4n) is 4.33. The van der Waals surface area contributed by atoms with Crippen LogP contribution in [-0.4, -0.2) is 28.8 Å². The van der Waals surface area contributed by atoms with Crippen LogP contribution in [0.1, 0.15) is 25.7 Å². The van der Waals surface area contributed by atoms with Gasteiger partial charge in [-0.15, -0.1) is 0 Å². The maximum atomic E-state index is 12.1. The lowest BCUT2D eigenvalue weighted by Gasteiger charge is -2.15. The zero-order valence-electron chi connectivity index (χ0n) is 10.2. The molecule has 0 aliphatic heterocycles. The van der Waals surface area contributed by atoms with Gasteiger partial charge in [-0.2, -0.15) is 12.6 Å². The Labute approximate surface area is 112 Å². The van der Waals surface area contributed by atoms with Crippen molar-refractivity contribution in [1.82, 2.24) is 5.32 Å². The van der Waals surface area contributed by atoms with Crippen molar-refractivity contribution in [2.45, 2.75) is 31.7 Å². The van der Waals surface area contributed by atoms with Crippen LogP contribution in [0.25, 0.3) is 0 Å². The van der Waals surface area contributed by atoms with Gasteiger partial charge < -0.3 is 10.4 Å². The maximum Gasteiger partial charge on any atom is 0.326 e. The number of thiol groups is 1. The van der Waals surface area contributed by atoms with Crippen LogP contribution >= 0.6 is 12.6 Å². The average Bonchev–Trinajstić information content (AvgIpc) is 2.78. The first-order chi connectivity index (χ1) is 8.63. The molecule has 18 heavy (non-hydrogen) atoms. The molecule has 5 heteroatoms. The Hall–Kier alpha value is -0.710. The van der Waals surface area contributed by atoms with Gasteiger partial charge in [0.2, 0.25) is 5.91 Å². The molecule has 0 radical (unpaired) electrons. The molecule has 1 amide bonds. The molecule has 0 spiro atoms. The summed E-state index contributed by atoms with van der Waals surface area (Å²) in [5.74, 6) is 2.20. The fraction of sp³-hybridized carbons (Fsp3) is 0.846. The molecule has 0 aromatic heterocycles. The highest BCUT2D eigenvalue weighted by molar-refractivity contribution is 7.80. The Balaban J connectivity index is 1.58. The number of aliphatic carboxylic acids is 1. The van der Waals surface area contributed by atoms with E-state index < -0.39 is 12.0 Å². The molecule has 3 aliphatic rings. The Morgan fingerprint density at radius 2 is 1.89 bits per heavy atom. The minimum Gasteiger partial charge on any atom is -0.480 e. The van der Waals surface area contributed by atoms with E-state index in [0.717, 1.165) is 11.8 Å². The monoisotopic (exact) mass is 269 g/mol. The highest BCUT2D eigenvalue weighted by Crippen LogP contribution is 2.69. The molecule has 3 rings (SSSR count). The van der Waals surface area contributed by atoms with Crippen LogP contribution < -0.4 is 5.32 Å². The van der Waals surface area contributed by atoms with E-state index in [1.807, 2.05) is 0 Å². The fourth-order valence-corrected chi connectivity index (χ4v) is 4.59. The van der Waals surface area contributed by atoms with Crippen LogP contribution in [0.4, 0.5) is 0 Å². The summed E-state index contributed by atoms with van der Waals surface area (Å²) in [4.78, 5) is 23.1. The van der Waals surface area contributed by atoms with Gasteiger partial charge in [0.05, 0.1) is 0 Å². The first kappa shape index (κ1) is 12.3. The molecular weight excluding hydrogens is 250 g/mol. The van der Waals surface area contributed by atoms with E-state index in [1.165, 1.54) is 19.3 Å². The SMILES string of the molecule is O=C(O)C(CCS)NC(=O)C1C2C3CCC(C3)C12. The van der Waals surface area contributed by atoms with Crippen molar-refractivity contribution >= 4 is 24.5 Å². The molecule has 2 N–H and O–H groups in total. The zero-order valence-corrected chi connectivity index (χ0v) is 11.1. The van der Waals surface area contributed by atoms with Crippen molar-refractivity contribution in [1.29, 1.82) is 0 Å². The summed E-state index contributed by atoms with van der Waals surface area (Å²) in [6.45, 7) is 0. The van der Waals surface area contributed by atoms with Gasteiger partial charge in [0.1, 0.15) is 6.04 Å². The third kappa shape index (κ3) is 1.83. The van der Waals surface area contributed by atoms with Crippen LogP contribution in [0.5, 0.6) is 0 Å². The number of carboxylic acid groups (broad SMARTS) is 1. The summed E-state index contributed by atoms with van der Waals surface area (Å²) in [6, 6.07) is -0.769. The summed E-state index contributed by atoms with van der Waals surface area (Å²) in [5.41, 5.74) is 0. The molecule has 5 atom stereocenters. The number of carbonyl (C=O) groups is 2. The summed E-state index contributed by atoms with van der Waals surface area (Å²) in [5, 5.41) is 11.7. The van der Waals surface area contributed by atoms with Crippen LogP contribution in [0.2, 0.25) is 0 Å². The molecule has 0 saturated heterocycles. The first-order valence-electron chi connectivity index (χ1n) is 6.77. The van der Waals surface area contributed by atoms with Crippen molar-refractivity contribution in [2.24, 2.45) is 29.6 Å². The van der Waals surface area contributed by atoms with Crippen molar-refractivity contribution in [2.75, 3.05) is 5.75 Å². The van der Waals surface area contributed by atoms with Gasteiger partial charge in [-0.3, -0.25) is 4.79 Å². The normalized spacial score (nSPS) is 41.3. The van der Waals surface area contributed by atoms with E-state index in [-0.39, 0.29) is 11.8 Å². The van der Waals surface area contributed by atoms with E-state index in [1.54, 1.807) is 0 Å². The lowest BCUT2D eigenvalue weighted by Crippen LogP contribution is -2.42. The van der Waals surface area contributed by atoms with Crippen molar-refractivity contribution in [3.05, 3.63) is 0 Å². The molecule has 2 bridgehead atoms. The van der Waals surface area contributed by atoms with E-state index in [2.05, 4.69) is 17.9 Å². The predicted octanol–water partition coefficient (Wildman–Crippen LogP) is 1.17. The van der Waals surface area contributed by atoms with Gasteiger partial charge in [-0.05, 0) is 55.1 Å². The molecule has 0 aromatic rings. The van der Waals surface area contributed by atoms with Gasteiger partial charge in [-0.25, -0.2) is 4.79 Å². The smallest absolute Gasteiger partial charge is 0.326 e. The largest absolute Gasteiger partial charge is 0.480 e. The zero-order chi connectivity index (χ0) is 12.9. The Morgan fingerprint density at radius 1 is 1.28 bits per heavy atom. The summed E-state index contributed by atoms with van der Waals surface area (Å²) >= 11 is 4.03.